The molecule has 0 unspecified atom stereocenters. The molecule has 216 valence electrons. The second-order valence-corrected chi connectivity index (χ2v) is 3.41. The van der Waals surface area contributed by atoms with Crippen molar-refractivity contribution in [2.75, 3.05) is 0 Å². The molecule has 0 atom stereocenters. The molecule has 0 spiro atoms. The molecule has 0 aromatic carbocycles. The van der Waals surface area contributed by atoms with Gasteiger partial charge in [-0.2, -0.15) is 0 Å². The molecule has 6 N–H and O–H groups in total. The minimum Gasteiger partial charge on any atom is -1.00 e. The monoisotopic (exact) mass is 774 g/mol. The third kappa shape index (κ3) is 369. The van der Waals surface area contributed by atoms with E-state index in [4.69, 9.17) is 34.4 Å². The predicted molar refractivity (Wildman–Crippen MR) is 117 cm³/mol. The third-order valence-corrected chi connectivity index (χ3v) is 1.11. The Labute approximate surface area is 311 Å². The Bertz CT molecular complexity index is 526. The van der Waals surface area contributed by atoms with Gasteiger partial charge in [0.2, 0.25) is 0 Å². The SMILES string of the molecule is C=CC([NH-])=O.C=CC([NH-])=O.C=CC([NH-])=O.C=CC([NH-])=O.C=CC([NH-])=O.C=CC([NH-])=O.[Cl-].[Cl-].[Cl-].[Cl-].[Cl-].[Cl-].[Ti+4].[Ti+4].[Ti+4]. The topological polar surface area (TPSA) is 245 Å². The quantitative estimate of drug-likeness (QED) is 0.187. The molecule has 12 nitrogen and oxygen atoms in total. The molecule has 0 saturated heterocycles. The van der Waals surface area contributed by atoms with E-state index in [-0.39, 0.29) is 140 Å². The summed E-state index contributed by atoms with van der Waals surface area (Å²) in [5.74, 6) is -4.39. The maximum Gasteiger partial charge on any atom is 4.00 e. The Morgan fingerprint density at radius 3 is 0.333 bits per heavy atom. The van der Waals surface area contributed by atoms with E-state index in [1.165, 1.54) is 0 Å². The molecule has 39 heavy (non-hydrogen) atoms. The first-order valence-corrected chi connectivity index (χ1v) is 6.91. The van der Waals surface area contributed by atoms with Crippen LogP contribution in [0.25, 0.3) is 34.4 Å². The van der Waals surface area contributed by atoms with Crippen LogP contribution in [0.3, 0.4) is 0 Å². The summed E-state index contributed by atoms with van der Waals surface area (Å²) in [6.45, 7) is 18.1. The molecule has 0 aliphatic carbocycles. The van der Waals surface area contributed by atoms with Crippen molar-refractivity contribution in [1.29, 1.82) is 0 Å². The average molecular weight is 777 g/mol. The van der Waals surface area contributed by atoms with E-state index in [0.29, 0.717) is 0 Å². The van der Waals surface area contributed by atoms with Gasteiger partial charge in [0, 0.05) is 0 Å². The number of rotatable bonds is 6. The van der Waals surface area contributed by atoms with Gasteiger partial charge in [0.05, 0.1) is 35.4 Å². The molecular formula is C18H24Cl6N6O6Ti3. The molecule has 0 rings (SSSR count). The van der Waals surface area contributed by atoms with E-state index >= 15 is 0 Å². The number of hydrogen-bond donors (Lipinski definition) is 0. The van der Waals surface area contributed by atoms with Crippen LogP contribution < -0.4 is 74.4 Å². The predicted octanol–water partition coefficient (Wildman–Crippen LogP) is -13.5. The van der Waals surface area contributed by atoms with Gasteiger partial charge in [-0.05, 0) is 36.5 Å². The molecule has 0 aliphatic rings. The van der Waals surface area contributed by atoms with Gasteiger partial charge in [-0.15, -0.1) is 0 Å². The van der Waals surface area contributed by atoms with Gasteiger partial charge < -0.3 is 138 Å². The molecule has 0 saturated carbocycles. The molecule has 21 heteroatoms. The fourth-order valence-electron chi connectivity index (χ4n) is 0. The molecular weight excluding hydrogens is 753 g/mol. The van der Waals surface area contributed by atoms with Crippen LogP contribution in [0.1, 0.15) is 0 Å². The van der Waals surface area contributed by atoms with Crippen molar-refractivity contribution >= 4 is 35.4 Å². The number of amides is 6. The zero-order valence-electron chi connectivity index (χ0n) is 19.9. The minimum absolute atomic E-state index is 0. The van der Waals surface area contributed by atoms with Gasteiger partial charge in [0.1, 0.15) is 0 Å². The van der Waals surface area contributed by atoms with Crippen LogP contribution in [0.4, 0.5) is 0 Å². The average Bonchev–Trinajstić information content (AvgIpc) is 2.69. The Kier molecular flexibility index (Phi) is 228. The summed E-state index contributed by atoms with van der Waals surface area (Å²) in [6.07, 6.45) is 5.67. The van der Waals surface area contributed by atoms with E-state index in [9.17, 15) is 28.8 Å². The molecule has 0 heterocycles. The zero-order valence-corrected chi connectivity index (χ0v) is 29.1. The maximum atomic E-state index is 9.36. The van der Waals surface area contributed by atoms with E-state index < -0.39 is 35.4 Å². The van der Waals surface area contributed by atoms with Gasteiger partial charge >= 0.3 is 65.2 Å². The third-order valence-electron chi connectivity index (χ3n) is 1.11. The van der Waals surface area contributed by atoms with Crippen LogP contribution in [0.15, 0.2) is 75.9 Å². The molecule has 0 aromatic heterocycles. The largest absolute Gasteiger partial charge is 4.00 e. The number of nitrogens with one attached hydrogen (secondary N) is 6. The summed E-state index contributed by atoms with van der Waals surface area (Å²) < 4.78 is 0. The van der Waals surface area contributed by atoms with E-state index in [1.54, 1.807) is 0 Å². The summed E-state index contributed by atoms with van der Waals surface area (Å²) in [4.78, 5) is 56.2. The molecule has 0 fully saturated rings. The van der Waals surface area contributed by atoms with Crippen LogP contribution >= 0.6 is 0 Å². The van der Waals surface area contributed by atoms with Crippen LogP contribution in [0.2, 0.25) is 0 Å². The van der Waals surface area contributed by atoms with Crippen molar-refractivity contribution < 1.29 is 168 Å². The van der Waals surface area contributed by atoms with E-state index in [0.717, 1.165) is 36.5 Å². The van der Waals surface area contributed by atoms with Crippen molar-refractivity contribution in [3.63, 3.8) is 0 Å². The summed E-state index contributed by atoms with van der Waals surface area (Å²) in [6, 6.07) is 0. The smallest absolute Gasteiger partial charge is 1.00 e. The standard InChI is InChI=1S/6C3H5NO.6ClH.3Ti/c6*1-2-3(4)5;;;;;;;;;/h6*2H,1H2,(H2,4,5);6*1H;;;/q;;;;;;;;;;;;3*+4/p-12. The Balaban J connectivity index is -0.0000000130. The fraction of sp³-hybridized carbons (Fsp3) is 0. The van der Waals surface area contributed by atoms with Crippen LogP contribution in [-0.2, 0) is 93.9 Å². The second-order valence-electron chi connectivity index (χ2n) is 3.41. The van der Waals surface area contributed by atoms with Crippen molar-refractivity contribution in [3.8, 4) is 0 Å². The van der Waals surface area contributed by atoms with E-state index in [1.807, 2.05) is 0 Å². The van der Waals surface area contributed by atoms with Gasteiger partial charge in [0.15, 0.2) is 0 Å². The Hall–Kier alpha value is -0.857. The first kappa shape index (κ1) is 98.2. The fourth-order valence-corrected chi connectivity index (χ4v) is 0. The molecule has 6 amide bonds. The summed E-state index contributed by atoms with van der Waals surface area (Å²) in [5, 5.41) is 0. The van der Waals surface area contributed by atoms with Crippen molar-refractivity contribution in [1.82, 2.24) is 0 Å². The second kappa shape index (κ2) is 90.6. The number of halogens is 6. The summed E-state index contributed by atoms with van der Waals surface area (Å²) in [5.41, 5.74) is 36.4. The number of carbonyl (C=O) groups is 6. The Morgan fingerprint density at radius 2 is 0.333 bits per heavy atom. The number of carbonyl (C=O) groups excluding carboxylic acids is 6. The van der Waals surface area contributed by atoms with Gasteiger partial charge in [-0.3, -0.25) is 0 Å². The molecule has 0 aromatic rings. The number of hydrogen-bond acceptors (Lipinski definition) is 6. The van der Waals surface area contributed by atoms with Crippen molar-refractivity contribution in [3.05, 3.63) is 110 Å². The minimum atomic E-state index is -0.731. The normalized spacial score (nSPS) is 4.92. The van der Waals surface area contributed by atoms with Crippen LogP contribution in [-0.4, -0.2) is 35.4 Å². The van der Waals surface area contributed by atoms with Gasteiger partial charge in [-0.1, -0.05) is 39.5 Å². The van der Waals surface area contributed by atoms with Gasteiger partial charge in [0.25, 0.3) is 0 Å². The summed E-state index contributed by atoms with van der Waals surface area (Å²) in [7, 11) is 0. The Morgan fingerprint density at radius 1 is 0.308 bits per heavy atom. The van der Waals surface area contributed by atoms with Crippen LogP contribution in [0.5, 0.6) is 0 Å². The molecule has 0 bridgehead atoms. The molecule has 0 aliphatic heterocycles. The van der Waals surface area contributed by atoms with Crippen molar-refractivity contribution in [2.24, 2.45) is 0 Å². The molecule has 0 radical (unpaired) electrons. The van der Waals surface area contributed by atoms with Gasteiger partial charge in [-0.25, -0.2) is 0 Å². The van der Waals surface area contributed by atoms with E-state index in [2.05, 4.69) is 39.5 Å². The van der Waals surface area contributed by atoms with Crippen molar-refractivity contribution in [2.45, 2.75) is 0 Å². The first-order chi connectivity index (χ1) is 13.6. The zero-order chi connectivity index (χ0) is 25.7. The summed E-state index contributed by atoms with van der Waals surface area (Å²) >= 11 is 0. The van der Waals surface area contributed by atoms with Crippen LogP contribution in [0, 0.1) is 0 Å². The maximum absolute atomic E-state index is 9.36. The first-order valence-electron chi connectivity index (χ1n) is 6.91.